The minimum Gasteiger partial charge on any atom is -0.406 e. The number of hydrogen-bond acceptors (Lipinski definition) is 6. The number of aromatic nitrogens is 2. The molecule has 3 aromatic rings. The minimum absolute atomic E-state index is 0.0381. The topological polar surface area (TPSA) is 77.2 Å². The Morgan fingerprint density at radius 1 is 1.27 bits per heavy atom. The number of nitrogens with zero attached hydrogens (tertiary/aromatic N) is 2. The van der Waals surface area contributed by atoms with E-state index in [0.29, 0.717) is 11.7 Å². The van der Waals surface area contributed by atoms with Crippen LogP contribution in [-0.2, 0) is 11.2 Å². The Morgan fingerprint density at radius 3 is 2.85 bits per heavy atom. The van der Waals surface area contributed by atoms with Gasteiger partial charge in [0.25, 0.3) is 0 Å². The highest BCUT2D eigenvalue weighted by molar-refractivity contribution is 7.13. The van der Waals surface area contributed by atoms with Gasteiger partial charge in [0.05, 0.1) is 4.88 Å². The molecule has 0 fully saturated rings. The predicted octanol–water partition coefficient (Wildman–Crippen LogP) is 4.27. The summed E-state index contributed by atoms with van der Waals surface area (Å²) in [6.45, 7) is 0. The standard InChI is InChI=1S/C16H12F3N3O3S/c17-16(18,19)24-11-4-1-3-10(9-11)20-13(23)6-7-14-21-15(22-25-14)12-5-2-8-26-12/h1-5,8-9H,6-7H2,(H,20,23). The normalized spacial score (nSPS) is 11.3. The number of alkyl halides is 3. The van der Waals surface area contributed by atoms with Crippen molar-refractivity contribution in [3.05, 3.63) is 47.7 Å². The second kappa shape index (κ2) is 7.56. The van der Waals surface area contributed by atoms with E-state index < -0.39 is 18.0 Å². The van der Waals surface area contributed by atoms with Crippen molar-refractivity contribution < 1.29 is 27.2 Å². The quantitative estimate of drug-likeness (QED) is 0.688. The summed E-state index contributed by atoms with van der Waals surface area (Å²) in [5.41, 5.74) is 0.196. The molecule has 0 aliphatic heterocycles. The van der Waals surface area contributed by atoms with Crippen LogP contribution in [0, 0.1) is 0 Å². The Labute approximate surface area is 149 Å². The summed E-state index contributed by atoms with van der Waals surface area (Å²) in [6, 6.07) is 8.76. The van der Waals surface area contributed by atoms with Crippen molar-refractivity contribution in [2.75, 3.05) is 5.32 Å². The highest BCUT2D eigenvalue weighted by Crippen LogP contribution is 2.25. The molecule has 1 N–H and O–H groups in total. The zero-order valence-electron chi connectivity index (χ0n) is 13.1. The molecule has 6 nitrogen and oxygen atoms in total. The van der Waals surface area contributed by atoms with Crippen molar-refractivity contribution in [3.63, 3.8) is 0 Å². The number of anilines is 1. The molecule has 0 atom stereocenters. The maximum Gasteiger partial charge on any atom is 0.573 e. The lowest BCUT2D eigenvalue weighted by Gasteiger charge is -2.10. The summed E-state index contributed by atoms with van der Waals surface area (Å²) >= 11 is 1.46. The molecule has 26 heavy (non-hydrogen) atoms. The first-order chi connectivity index (χ1) is 12.4. The number of hydrogen-bond donors (Lipinski definition) is 1. The van der Waals surface area contributed by atoms with Gasteiger partial charge in [-0.2, -0.15) is 4.98 Å². The smallest absolute Gasteiger partial charge is 0.406 e. The fourth-order valence-corrected chi connectivity index (χ4v) is 2.73. The second-order valence-electron chi connectivity index (χ2n) is 5.11. The second-order valence-corrected chi connectivity index (χ2v) is 6.06. The van der Waals surface area contributed by atoms with Crippen molar-refractivity contribution in [2.24, 2.45) is 0 Å². The van der Waals surface area contributed by atoms with E-state index in [0.717, 1.165) is 17.0 Å². The van der Waals surface area contributed by atoms with Gasteiger partial charge in [-0.05, 0) is 23.6 Å². The van der Waals surface area contributed by atoms with E-state index in [1.54, 1.807) is 0 Å². The lowest BCUT2D eigenvalue weighted by atomic mass is 10.2. The van der Waals surface area contributed by atoms with E-state index in [9.17, 15) is 18.0 Å². The average Bonchev–Trinajstić information content (AvgIpc) is 3.23. The van der Waals surface area contributed by atoms with Crippen LogP contribution in [0.15, 0.2) is 46.3 Å². The van der Waals surface area contributed by atoms with Crippen LogP contribution in [0.1, 0.15) is 12.3 Å². The molecule has 0 saturated heterocycles. The molecule has 10 heteroatoms. The van der Waals surface area contributed by atoms with Crippen LogP contribution in [-0.4, -0.2) is 22.4 Å². The van der Waals surface area contributed by atoms with Gasteiger partial charge in [0.15, 0.2) is 0 Å². The number of nitrogens with one attached hydrogen (secondary N) is 1. The predicted molar refractivity (Wildman–Crippen MR) is 87.7 cm³/mol. The van der Waals surface area contributed by atoms with Crippen molar-refractivity contribution in [2.45, 2.75) is 19.2 Å². The van der Waals surface area contributed by atoms with Gasteiger partial charge in [0, 0.05) is 24.6 Å². The van der Waals surface area contributed by atoms with E-state index in [4.69, 9.17) is 4.52 Å². The highest BCUT2D eigenvalue weighted by atomic mass is 32.1. The number of carbonyl (C=O) groups is 1. The Hall–Kier alpha value is -2.88. The SMILES string of the molecule is O=C(CCc1nc(-c2cccs2)no1)Nc1cccc(OC(F)(F)F)c1. The third kappa shape index (κ3) is 5.06. The van der Waals surface area contributed by atoms with E-state index in [1.807, 2.05) is 17.5 Å². The maximum atomic E-state index is 12.2. The average molecular weight is 383 g/mol. The minimum atomic E-state index is -4.79. The molecule has 0 saturated carbocycles. The summed E-state index contributed by atoms with van der Waals surface area (Å²) in [4.78, 5) is 17.0. The van der Waals surface area contributed by atoms with Gasteiger partial charge in [0.2, 0.25) is 17.6 Å². The van der Waals surface area contributed by atoms with E-state index in [1.165, 1.54) is 23.5 Å². The summed E-state index contributed by atoms with van der Waals surface area (Å²) < 4.78 is 45.5. The molecule has 2 heterocycles. The van der Waals surface area contributed by atoms with E-state index in [2.05, 4.69) is 20.2 Å². The lowest BCUT2D eigenvalue weighted by Crippen LogP contribution is -2.17. The molecular weight excluding hydrogens is 371 g/mol. The summed E-state index contributed by atoms with van der Waals surface area (Å²) in [6.07, 6.45) is -4.54. The van der Waals surface area contributed by atoms with Crippen LogP contribution >= 0.6 is 11.3 Å². The first kappa shape index (κ1) is 17.9. The van der Waals surface area contributed by atoms with Crippen LogP contribution in [0.4, 0.5) is 18.9 Å². The van der Waals surface area contributed by atoms with Crippen molar-refractivity contribution >= 4 is 22.9 Å². The van der Waals surface area contributed by atoms with Gasteiger partial charge >= 0.3 is 6.36 Å². The summed E-state index contributed by atoms with van der Waals surface area (Å²) in [7, 11) is 0. The van der Waals surface area contributed by atoms with Crippen LogP contribution in [0.2, 0.25) is 0 Å². The number of thiophene rings is 1. The molecule has 1 aromatic carbocycles. The van der Waals surface area contributed by atoms with Gasteiger partial charge in [-0.15, -0.1) is 24.5 Å². The maximum absolute atomic E-state index is 12.2. The van der Waals surface area contributed by atoms with Crippen LogP contribution in [0.5, 0.6) is 5.75 Å². The molecular formula is C16H12F3N3O3S. The van der Waals surface area contributed by atoms with Crippen molar-refractivity contribution in [1.82, 2.24) is 10.1 Å². The fraction of sp³-hybridized carbons (Fsp3) is 0.188. The van der Waals surface area contributed by atoms with E-state index >= 15 is 0 Å². The molecule has 2 aromatic heterocycles. The molecule has 0 aliphatic rings. The molecule has 1 amide bonds. The van der Waals surface area contributed by atoms with Crippen LogP contribution < -0.4 is 10.1 Å². The van der Waals surface area contributed by atoms with Gasteiger partial charge in [-0.3, -0.25) is 4.79 Å². The molecule has 0 radical (unpaired) electrons. The number of carbonyl (C=O) groups excluding carboxylic acids is 1. The van der Waals surface area contributed by atoms with Gasteiger partial charge in [-0.25, -0.2) is 0 Å². The molecule has 0 aliphatic carbocycles. The molecule has 0 spiro atoms. The van der Waals surface area contributed by atoms with Gasteiger partial charge in [0.1, 0.15) is 5.75 Å². The molecule has 0 bridgehead atoms. The number of benzene rings is 1. The first-order valence-corrected chi connectivity index (χ1v) is 8.29. The molecule has 3 rings (SSSR count). The number of aryl methyl sites for hydroxylation is 1. The Kier molecular flexibility index (Phi) is 5.21. The third-order valence-electron chi connectivity index (χ3n) is 3.13. The fourth-order valence-electron chi connectivity index (χ4n) is 2.08. The highest BCUT2D eigenvalue weighted by Gasteiger charge is 2.31. The van der Waals surface area contributed by atoms with E-state index in [-0.39, 0.29) is 18.5 Å². The largest absolute Gasteiger partial charge is 0.573 e. The number of halogens is 3. The zero-order chi connectivity index (χ0) is 18.6. The Morgan fingerprint density at radius 2 is 2.12 bits per heavy atom. The zero-order valence-corrected chi connectivity index (χ0v) is 13.9. The first-order valence-electron chi connectivity index (χ1n) is 7.41. The number of rotatable bonds is 6. The van der Waals surface area contributed by atoms with Gasteiger partial charge in [-0.1, -0.05) is 17.3 Å². The molecule has 0 unspecified atom stereocenters. The molecule has 136 valence electrons. The third-order valence-corrected chi connectivity index (χ3v) is 3.99. The van der Waals surface area contributed by atoms with Crippen LogP contribution in [0.3, 0.4) is 0 Å². The number of amides is 1. The number of ether oxygens (including phenoxy) is 1. The van der Waals surface area contributed by atoms with Gasteiger partial charge < -0.3 is 14.6 Å². The monoisotopic (exact) mass is 383 g/mol. The Bertz CT molecular complexity index is 878. The summed E-state index contributed by atoms with van der Waals surface area (Å²) in [5, 5.41) is 8.22. The van der Waals surface area contributed by atoms with Crippen molar-refractivity contribution in [3.8, 4) is 16.5 Å². The van der Waals surface area contributed by atoms with Crippen molar-refractivity contribution in [1.29, 1.82) is 0 Å². The summed E-state index contributed by atoms with van der Waals surface area (Å²) in [5.74, 6) is -0.0528. The van der Waals surface area contributed by atoms with Crippen LogP contribution in [0.25, 0.3) is 10.7 Å². The lowest BCUT2D eigenvalue weighted by molar-refractivity contribution is -0.274. The Balaban J connectivity index is 1.54.